The molecule has 134 valence electrons. The summed E-state index contributed by atoms with van der Waals surface area (Å²) in [6.45, 7) is 14.7. The molecule has 1 fully saturated rings. The number of benzene rings is 1. The van der Waals surface area contributed by atoms with Gasteiger partial charge in [-0.25, -0.2) is 9.97 Å². The number of rotatable bonds is 5. The summed E-state index contributed by atoms with van der Waals surface area (Å²) in [7, 11) is 0. The average molecular weight is 348 g/mol. The third-order valence-corrected chi connectivity index (χ3v) is 4.38. The summed E-state index contributed by atoms with van der Waals surface area (Å²) < 4.78 is 5.49. The summed E-state index contributed by atoms with van der Waals surface area (Å²) >= 11 is 0. The Morgan fingerprint density at radius 1 is 1.27 bits per heavy atom. The maximum atomic E-state index is 5.49. The first kappa shape index (κ1) is 18.0. The Hall–Kier alpha value is -2.79. The highest BCUT2D eigenvalue weighted by Crippen LogP contribution is 2.29. The van der Waals surface area contributed by atoms with E-state index in [1.54, 1.807) is 6.20 Å². The fourth-order valence-electron chi connectivity index (χ4n) is 3.01. The summed E-state index contributed by atoms with van der Waals surface area (Å²) in [6, 6.07) is 6.23. The standard InChI is InChI=1S/C21H24N4O/c1-5-6-15(2)20-23-19-13-17(16(3)14-22-4)7-8-18(19)21(24-20)25-9-11-26-12-10-25/h5-8,13-14H,2,4,9-12H2,1,3H3. The maximum absolute atomic E-state index is 5.49. The van der Waals surface area contributed by atoms with Crippen LogP contribution in [0.25, 0.3) is 22.0 Å². The Bertz CT molecular complexity index is 892. The lowest BCUT2D eigenvalue weighted by Gasteiger charge is -2.29. The molecule has 2 heterocycles. The van der Waals surface area contributed by atoms with Gasteiger partial charge in [-0.2, -0.15) is 0 Å². The molecule has 5 heteroatoms. The Morgan fingerprint density at radius 2 is 2.04 bits per heavy atom. The Balaban J connectivity index is 2.17. The van der Waals surface area contributed by atoms with Crippen molar-refractivity contribution in [3.8, 4) is 0 Å². The summed E-state index contributed by atoms with van der Waals surface area (Å²) in [6.07, 6.45) is 5.63. The van der Waals surface area contributed by atoms with Crippen molar-refractivity contribution in [2.24, 2.45) is 4.99 Å². The second-order valence-electron chi connectivity index (χ2n) is 6.22. The zero-order chi connectivity index (χ0) is 18.5. The number of ether oxygens (including phenoxy) is 1. The molecule has 1 aromatic carbocycles. The molecule has 0 saturated carbocycles. The van der Waals surface area contributed by atoms with Crippen molar-refractivity contribution in [2.75, 3.05) is 31.2 Å². The monoisotopic (exact) mass is 348 g/mol. The zero-order valence-electron chi connectivity index (χ0n) is 15.4. The summed E-state index contributed by atoms with van der Waals surface area (Å²) in [5.41, 5.74) is 3.81. The van der Waals surface area contributed by atoms with Crippen LogP contribution < -0.4 is 4.90 Å². The lowest BCUT2D eigenvalue weighted by molar-refractivity contribution is 0.122. The van der Waals surface area contributed by atoms with Gasteiger partial charge in [-0.05, 0) is 43.8 Å². The zero-order valence-corrected chi connectivity index (χ0v) is 15.4. The van der Waals surface area contributed by atoms with Gasteiger partial charge in [0.1, 0.15) is 5.82 Å². The van der Waals surface area contributed by atoms with Crippen LogP contribution in [-0.2, 0) is 4.74 Å². The first-order valence-corrected chi connectivity index (χ1v) is 8.73. The van der Waals surface area contributed by atoms with E-state index < -0.39 is 0 Å². The van der Waals surface area contributed by atoms with Crippen molar-refractivity contribution < 1.29 is 4.74 Å². The molecule has 1 saturated heterocycles. The molecule has 0 amide bonds. The van der Waals surface area contributed by atoms with Crippen LogP contribution in [0.5, 0.6) is 0 Å². The van der Waals surface area contributed by atoms with E-state index in [2.05, 4.69) is 41.4 Å². The number of hydrogen-bond donors (Lipinski definition) is 0. The molecule has 2 aromatic rings. The molecule has 0 radical (unpaired) electrons. The SMILES string of the molecule is C=NC=C(C)c1ccc2c(N3CCOCC3)nc(C(=C)C=CC)nc2c1. The highest BCUT2D eigenvalue weighted by Gasteiger charge is 2.18. The number of hydrogen-bond acceptors (Lipinski definition) is 5. The molecule has 0 atom stereocenters. The maximum Gasteiger partial charge on any atom is 0.161 e. The fourth-order valence-corrected chi connectivity index (χ4v) is 3.01. The first-order valence-electron chi connectivity index (χ1n) is 8.73. The third-order valence-electron chi connectivity index (χ3n) is 4.38. The minimum Gasteiger partial charge on any atom is -0.378 e. The highest BCUT2D eigenvalue weighted by molar-refractivity contribution is 5.93. The van der Waals surface area contributed by atoms with Gasteiger partial charge in [0, 0.05) is 30.2 Å². The van der Waals surface area contributed by atoms with E-state index in [4.69, 9.17) is 14.7 Å². The lowest BCUT2D eigenvalue weighted by atomic mass is 10.1. The minimum absolute atomic E-state index is 0.651. The highest BCUT2D eigenvalue weighted by atomic mass is 16.5. The molecular weight excluding hydrogens is 324 g/mol. The van der Waals surface area contributed by atoms with Crippen molar-refractivity contribution in [3.63, 3.8) is 0 Å². The average Bonchev–Trinajstić information content (AvgIpc) is 2.67. The van der Waals surface area contributed by atoms with E-state index in [1.807, 2.05) is 26.0 Å². The second kappa shape index (κ2) is 8.06. The van der Waals surface area contributed by atoms with E-state index in [-0.39, 0.29) is 0 Å². The van der Waals surface area contributed by atoms with Crippen LogP contribution in [0.2, 0.25) is 0 Å². The minimum atomic E-state index is 0.651. The van der Waals surface area contributed by atoms with Crippen molar-refractivity contribution in [1.29, 1.82) is 0 Å². The summed E-state index contributed by atoms with van der Waals surface area (Å²) in [5, 5.41) is 1.03. The number of aliphatic imine (C=N–C) groups is 1. The first-order chi connectivity index (χ1) is 12.6. The molecule has 1 aliphatic rings. The quantitative estimate of drug-likeness (QED) is 0.602. The predicted molar refractivity (Wildman–Crippen MR) is 110 cm³/mol. The van der Waals surface area contributed by atoms with Gasteiger partial charge in [0.2, 0.25) is 0 Å². The van der Waals surface area contributed by atoms with Gasteiger partial charge in [0.05, 0.1) is 18.7 Å². The normalized spacial score (nSPS) is 15.6. The fraction of sp³-hybridized carbons (Fsp3) is 0.286. The van der Waals surface area contributed by atoms with E-state index >= 15 is 0 Å². The second-order valence-corrected chi connectivity index (χ2v) is 6.22. The van der Waals surface area contributed by atoms with Crippen molar-refractivity contribution in [1.82, 2.24) is 9.97 Å². The van der Waals surface area contributed by atoms with Gasteiger partial charge in [0.15, 0.2) is 5.82 Å². The van der Waals surface area contributed by atoms with Crippen LogP contribution in [0, 0.1) is 0 Å². The number of allylic oxidation sites excluding steroid dienone is 4. The van der Waals surface area contributed by atoms with Crippen LogP contribution in [0.15, 0.2) is 48.1 Å². The molecule has 0 spiro atoms. The van der Waals surface area contributed by atoms with Crippen molar-refractivity contribution in [3.05, 3.63) is 54.5 Å². The summed E-state index contributed by atoms with van der Waals surface area (Å²) in [4.78, 5) is 15.7. The molecule has 0 aliphatic carbocycles. The molecule has 3 rings (SSSR count). The number of anilines is 1. The van der Waals surface area contributed by atoms with Crippen LogP contribution in [0.4, 0.5) is 5.82 Å². The van der Waals surface area contributed by atoms with E-state index in [0.717, 1.165) is 46.5 Å². The van der Waals surface area contributed by atoms with Crippen LogP contribution >= 0.6 is 0 Å². The van der Waals surface area contributed by atoms with Crippen molar-refractivity contribution in [2.45, 2.75) is 13.8 Å². The molecule has 0 bridgehead atoms. The lowest BCUT2D eigenvalue weighted by Crippen LogP contribution is -2.37. The van der Waals surface area contributed by atoms with Crippen LogP contribution in [-0.4, -0.2) is 43.0 Å². The number of fused-ring (bicyclic) bond motifs is 1. The van der Waals surface area contributed by atoms with Crippen LogP contribution in [0.1, 0.15) is 25.2 Å². The van der Waals surface area contributed by atoms with Gasteiger partial charge in [-0.3, -0.25) is 4.99 Å². The van der Waals surface area contributed by atoms with Gasteiger partial charge < -0.3 is 9.64 Å². The van der Waals surface area contributed by atoms with E-state index in [0.29, 0.717) is 19.0 Å². The molecule has 26 heavy (non-hydrogen) atoms. The Labute approximate surface area is 154 Å². The topological polar surface area (TPSA) is 50.6 Å². The Kier molecular flexibility index (Phi) is 5.58. The smallest absolute Gasteiger partial charge is 0.161 e. The third kappa shape index (κ3) is 3.73. The van der Waals surface area contributed by atoms with Gasteiger partial charge in [-0.15, -0.1) is 0 Å². The van der Waals surface area contributed by atoms with E-state index in [1.165, 1.54) is 0 Å². The molecule has 1 aromatic heterocycles. The number of nitrogens with zero attached hydrogens (tertiary/aromatic N) is 4. The molecular formula is C21H24N4O. The van der Waals surface area contributed by atoms with Crippen LogP contribution in [0.3, 0.4) is 0 Å². The molecule has 1 aliphatic heterocycles. The van der Waals surface area contributed by atoms with E-state index in [9.17, 15) is 0 Å². The molecule has 5 nitrogen and oxygen atoms in total. The predicted octanol–water partition coefficient (Wildman–Crippen LogP) is 4.12. The molecule has 0 unspecified atom stereocenters. The van der Waals surface area contributed by atoms with Crippen molar-refractivity contribution >= 4 is 34.6 Å². The number of aromatic nitrogens is 2. The largest absolute Gasteiger partial charge is 0.378 e. The number of morpholine rings is 1. The summed E-state index contributed by atoms with van der Waals surface area (Å²) in [5.74, 6) is 1.59. The van der Waals surface area contributed by atoms with Gasteiger partial charge in [0.25, 0.3) is 0 Å². The van der Waals surface area contributed by atoms with Gasteiger partial charge >= 0.3 is 0 Å². The molecule has 0 N–H and O–H groups in total. The Morgan fingerprint density at radius 3 is 2.73 bits per heavy atom. The van der Waals surface area contributed by atoms with Gasteiger partial charge in [-0.1, -0.05) is 24.8 Å².